The summed E-state index contributed by atoms with van der Waals surface area (Å²) < 4.78 is 14.7. The van der Waals surface area contributed by atoms with Crippen LogP contribution in [0.5, 0.6) is 0 Å². The van der Waals surface area contributed by atoms with Crippen LogP contribution in [0.2, 0.25) is 0 Å². The van der Waals surface area contributed by atoms with Gasteiger partial charge in [0.15, 0.2) is 0 Å². The van der Waals surface area contributed by atoms with Gasteiger partial charge in [0, 0.05) is 17.1 Å². The van der Waals surface area contributed by atoms with Crippen LogP contribution in [0.4, 0.5) is 4.39 Å². The van der Waals surface area contributed by atoms with Gasteiger partial charge in [-0.1, -0.05) is 34.1 Å². The minimum Gasteiger partial charge on any atom is -0.306 e. The normalized spacial score (nSPS) is 12.4. The van der Waals surface area contributed by atoms with Gasteiger partial charge in [0.1, 0.15) is 5.82 Å². The summed E-state index contributed by atoms with van der Waals surface area (Å²) >= 11 is 6.67. The molecule has 0 bridgehead atoms. The fourth-order valence-corrected chi connectivity index (χ4v) is 2.66. The third kappa shape index (κ3) is 4.13. The minimum atomic E-state index is -0.233. The molecule has 0 aliphatic heterocycles. The molecule has 0 heterocycles. The van der Waals surface area contributed by atoms with Gasteiger partial charge in [-0.15, -0.1) is 0 Å². The van der Waals surface area contributed by atoms with Crippen molar-refractivity contribution in [3.8, 4) is 0 Å². The molecule has 1 N–H and O–H groups in total. The third-order valence-corrected chi connectivity index (χ3v) is 4.05. The molecule has 1 nitrogen and oxygen atoms in total. The van der Waals surface area contributed by atoms with Gasteiger partial charge in [0.05, 0.1) is 4.47 Å². The average molecular weight is 387 g/mol. The Labute approximate surface area is 129 Å². The monoisotopic (exact) mass is 385 g/mol. The van der Waals surface area contributed by atoms with Gasteiger partial charge >= 0.3 is 0 Å². The lowest BCUT2D eigenvalue weighted by molar-refractivity contribution is 0.572. The third-order valence-electron chi connectivity index (χ3n) is 2.95. The molecule has 100 valence electrons. The van der Waals surface area contributed by atoms with E-state index in [1.165, 1.54) is 11.6 Å². The Bertz CT molecular complexity index is 572. The van der Waals surface area contributed by atoms with Crippen LogP contribution >= 0.6 is 31.9 Å². The van der Waals surface area contributed by atoms with Gasteiger partial charge in [0.2, 0.25) is 0 Å². The molecule has 2 aromatic rings. The van der Waals surface area contributed by atoms with Gasteiger partial charge < -0.3 is 5.32 Å². The zero-order valence-corrected chi connectivity index (χ0v) is 13.6. The molecular formula is C15H14Br2FN. The summed E-state index contributed by atoms with van der Waals surface area (Å²) in [5.74, 6) is -0.233. The molecule has 19 heavy (non-hydrogen) atoms. The molecule has 4 heteroatoms. The highest BCUT2D eigenvalue weighted by molar-refractivity contribution is 9.10. The summed E-state index contributed by atoms with van der Waals surface area (Å²) in [6.45, 7) is 2.81. The van der Waals surface area contributed by atoms with Crippen molar-refractivity contribution in [3.05, 3.63) is 68.4 Å². The van der Waals surface area contributed by atoms with Gasteiger partial charge in [0.25, 0.3) is 0 Å². The Hall–Kier alpha value is -0.710. The van der Waals surface area contributed by atoms with E-state index >= 15 is 0 Å². The first-order valence-electron chi connectivity index (χ1n) is 5.99. The van der Waals surface area contributed by atoms with Crippen LogP contribution in [-0.2, 0) is 6.54 Å². The zero-order chi connectivity index (χ0) is 13.8. The number of hydrogen-bond acceptors (Lipinski definition) is 1. The minimum absolute atomic E-state index is 0.233. The predicted molar refractivity (Wildman–Crippen MR) is 83.5 cm³/mol. The highest BCUT2D eigenvalue weighted by atomic mass is 79.9. The van der Waals surface area contributed by atoms with Crippen LogP contribution in [0, 0.1) is 5.82 Å². The molecule has 0 amide bonds. The SMILES string of the molecule is CC(NCc1ccc(F)c(Br)c1)c1cccc(Br)c1. The van der Waals surface area contributed by atoms with Crippen molar-refractivity contribution in [2.24, 2.45) is 0 Å². The van der Waals surface area contributed by atoms with Crippen molar-refractivity contribution < 1.29 is 4.39 Å². The number of benzene rings is 2. The second-order valence-corrected chi connectivity index (χ2v) is 6.18. The molecule has 0 aliphatic carbocycles. The number of nitrogens with one attached hydrogen (secondary N) is 1. The Kier molecular flexibility index (Phi) is 5.13. The lowest BCUT2D eigenvalue weighted by Gasteiger charge is -2.15. The first-order chi connectivity index (χ1) is 9.06. The van der Waals surface area contributed by atoms with Gasteiger partial charge in [-0.25, -0.2) is 4.39 Å². The van der Waals surface area contributed by atoms with Crippen LogP contribution < -0.4 is 5.32 Å². The molecule has 0 fully saturated rings. The van der Waals surface area contributed by atoms with Crippen LogP contribution in [0.15, 0.2) is 51.4 Å². The molecule has 2 rings (SSSR count). The van der Waals surface area contributed by atoms with Gasteiger partial charge in [-0.05, 0) is 58.2 Å². The maximum atomic E-state index is 13.1. The summed E-state index contributed by atoms with van der Waals surface area (Å²) in [7, 11) is 0. The quantitative estimate of drug-likeness (QED) is 0.761. The van der Waals surface area contributed by atoms with Crippen LogP contribution in [-0.4, -0.2) is 0 Å². The van der Waals surface area contributed by atoms with Crippen LogP contribution in [0.1, 0.15) is 24.1 Å². The fraction of sp³-hybridized carbons (Fsp3) is 0.200. The molecule has 0 aliphatic rings. The standard InChI is InChI=1S/C15H14Br2FN/c1-10(12-3-2-4-13(16)8-12)19-9-11-5-6-15(18)14(17)7-11/h2-8,10,19H,9H2,1H3. The zero-order valence-electron chi connectivity index (χ0n) is 10.5. The van der Waals surface area contributed by atoms with E-state index in [1.54, 1.807) is 12.1 Å². The molecule has 1 atom stereocenters. The average Bonchev–Trinajstić information content (AvgIpc) is 2.40. The summed E-state index contributed by atoms with van der Waals surface area (Å²) in [6.07, 6.45) is 0. The Balaban J connectivity index is 2.00. The van der Waals surface area contributed by atoms with Crippen LogP contribution in [0.3, 0.4) is 0 Å². The molecule has 0 spiro atoms. The largest absolute Gasteiger partial charge is 0.306 e. The van der Waals surface area contributed by atoms with E-state index in [2.05, 4.69) is 56.2 Å². The van der Waals surface area contributed by atoms with Crippen LogP contribution in [0.25, 0.3) is 0 Å². The smallest absolute Gasteiger partial charge is 0.137 e. The highest BCUT2D eigenvalue weighted by Gasteiger charge is 2.06. The summed E-state index contributed by atoms with van der Waals surface area (Å²) in [6, 6.07) is 13.5. The topological polar surface area (TPSA) is 12.0 Å². The van der Waals surface area contributed by atoms with E-state index < -0.39 is 0 Å². The second kappa shape index (κ2) is 6.64. The van der Waals surface area contributed by atoms with Crippen molar-refractivity contribution in [1.29, 1.82) is 0 Å². The maximum Gasteiger partial charge on any atom is 0.137 e. The summed E-state index contributed by atoms with van der Waals surface area (Å²) in [5, 5.41) is 3.42. The Morgan fingerprint density at radius 3 is 2.63 bits per heavy atom. The van der Waals surface area contributed by atoms with E-state index in [0.717, 1.165) is 10.0 Å². The first kappa shape index (κ1) is 14.7. The molecule has 0 radical (unpaired) electrons. The first-order valence-corrected chi connectivity index (χ1v) is 7.57. The van der Waals surface area contributed by atoms with E-state index in [1.807, 2.05) is 12.1 Å². The van der Waals surface area contributed by atoms with E-state index in [9.17, 15) is 4.39 Å². The lowest BCUT2D eigenvalue weighted by atomic mass is 10.1. The number of halogens is 3. The summed E-state index contributed by atoms with van der Waals surface area (Å²) in [5.41, 5.74) is 2.27. The van der Waals surface area contributed by atoms with E-state index in [4.69, 9.17) is 0 Å². The molecular weight excluding hydrogens is 373 g/mol. The van der Waals surface area contributed by atoms with E-state index in [0.29, 0.717) is 11.0 Å². The molecule has 1 unspecified atom stereocenters. The van der Waals surface area contributed by atoms with E-state index in [-0.39, 0.29) is 11.9 Å². The van der Waals surface area contributed by atoms with Gasteiger partial charge in [-0.3, -0.25) is 0 Å². The van der Waals surface area contributed by atoms with Crippen molar-refractivity contribution in [1.82, 2.24) is 5.32 Å². The van der Waals surface area contributed by atoms with Crippen molar-refractivity contribution in [3.63, 3.8) is 0 Å². The second-order valence-electron chi connectivity index (χ2n) is 4.41. The molecule has 0 aromatic heterocycles. The van der Waals surface area contributed by atoms with Crippen molar-refractivity contribution in [2.45, 2.75) is 19.5 Å². The number of rotatable bonds is 4. The lowest BCUT2D eigenvalue weighted by Crippen LogP contribution is -2.18. The Morgan fingerprint density at radius 1 is 1.16 bits per heavy atom. The molecule has 2 aromatic carbocycles. The Morgan fingerprint density at radius 2 is 1.95 bits per heavy atom. The molecule has 0 saturated heterocycles. The predicted octanol–water partition coefficient (Wildman–Crippen LogP) is 5.20. The number of hydrogen-bond donors (Lipinski definition) is 1. The summed E-state index contributed by atoms with van der Waals surface area (Å²) in [4.78, 5) is 0. The van der Waals surface area contributed by atoms with Crippen molar-refractivity contribution >= 4 is 31.9 Å². The maximum absolute atomic E-state index is 13.1. The highest BCUT2D eigenvalue weighted by Crippen LogP contribution is 2.20. The molecule has 0 saturated carbocycles. The van der Waals surface area contributed by atoms with Crippen molar-refractivity contribution in [2.75, 3.05) is 0 Å². The van der Waals surface area contributed by atoms with Gasteiger partial charge in [-0.2, -0.15) is 0 Å². The fourth-order valence-electron chi connectivity index (χ4n) is 1.81.